The van der Waals surface area contributed by atoms with Crippen LogP contribution < -0.4 is 11.3 Å². The fourth-order valence-corrected chi connectivity index (χ4v) is 2.79. The Hall–Kier alpha value is -1.92. The molecule has 0 saturated heterocycles. The molecule has 3 aromatic rings. The number of hydrogen-bond donors (Lipinski definition) is 1. The second kappa shape index (κ2) is 5.37. The topological polar surface area (TPSA) is 60.9 Å². The molecule has 0 unspecified atom stereocenters. The Morgan fingerprint density at radius 1 is 1.32 bits per heavy atom. The average molecular weight is 383 g/mol. The minimum absolute atomic E-state index is 0.0678. The Bertz CT molecular complexity index is 971. The van der Waals surface area contributed by atoms with E-state index in [9.17, 15) is 9.18 Å². The van der Waals surface area contributed by atoms with Crippen LogP contribution in [0.2, 0.25) is 5.02 Å². The Labute approximate surface area is 138 Å². The molecule has 2 N–H and O–H groups in total. The minimum atomic E-state index is -0.615. The minimum Gasteiger partial charge on any atom is -0.397 e. The highest BCUT2D eigenvalue weighted by Gasteiger charge is 2.17. The number of rotatable bonds is 1. The first-order valence-corrected chi connectivity index (χ1v) is 7.50. The number of benzene rings is 1. The van der Waals surface area contributed by atoms with Gasteiger partial charge in [0.05, 0.1) is 11.4 Å². The third-order valence-corrected chi connectivity index (χ3v) is 4.30. The fourth-order valence-electron chi connectivity index (χ4n) is 2.24. The third kappa shape index (κ3) is 2.28. The van der Waals surface area contributed by atoms with Crippen molar-refractivity contribution >= 4 is 44.3 Å². The molecular weight excluding hydrogens is 373 g/mol. The van der Waals surface area contributed by atoms with Crippen molar-refractivity contribution < 1.29 is 4.39 Å². The van der Waals surface area contributed by atoms with E-state index in [1.54, 1.807) is 19.1 Å². The van der Waals surface area contributed by atoms with Crippen LogP contribution in [0.15, 0.2) is 39.6 Å². The van der Waals surface area contributed by atoms with E-state index in [4.69, 9.17) is 17.3 Å². The van der Waals surface area contributed by atoms with Crippen molar-refractivity contribution in [2.45, 2.75) is 6.92 Å². The molecule has 0 atom stereocenters. The molecular formula is C15H10BrClFN3O. The summed E-state index contributed by atoms with van der Waals surface area (Å²) in [5.74, 6) is -0.615. The van der Waals surface area contributed by atoms with E-state index in [0.717, 1.165) is 6.07 Å². The van der Waals surface area contributed by atoms with Gasteiger partial charge in [-0.3, -0.25) is 9.36 Å². The summed E-state index contributed by atoms with van der Waals surface area (Å²) in [6.45, 7) is 1.78. The van der Waals surface area contributed by atoms with Crippen LogP contribution in [0.5, 0.6) is 0 Å². The molecule has 1 aromatic carbocycles. The van der Waals surface area contributed by atoms with Gasteiger partial charge in [-0.1, -0.05) is 11.6 Å². The number of pyridine rings is 2. The van der Waals surface area contributed by atoms with Crippen LogP contribution in [0.4, 0.5) is 10.1 Å². The van der Waals surface area contributed by atoms with Crippen LogP contribution in [-0.2, 0) is 0 Å². The number of hydrogen-bond acceptors (Lipinski definition) is 3. The third-order valence-electron chi connectivity index (χ3n) is 3.29. The molecule has 112 valence electrons. The van der Waals surface area contributed by atoms with Crippen molar-refractivity contribution in [3.05, 3.63) is 61.7 Å². The summed E-state index contributed by atoms with van der Waals surface area (Å²) < 4.78 is 15.6. The first-order chi connectivity index (χ1) is 10.4. The lowest BCUT2D eigenvalue weighted by Crippen LogP contribution is -2.23. The fraction of sp³-hybridized carbons (Fsp3) is 0.0667. The van der Waals surface area contributed by atoms with Gasteiger partial charge < -0.3 is 5.73 Å². The van der Waals surface area contributed by atoms with Crippen LogP contribution in [0.3, 0.4) is 0 Å². The van der Waals surface area contributed by atoms with E-state index in [2.05, 4.69) is 20.9 Å². The summed E-state index contributed by atoms with van der Waals surface area (Å²) in [5, 5.41) is 0.809. The molecule has 0 saturated carbocycles. The Kier molecular flexibility index (Phi) is 3.66. The molecule has 0 spiro atoms. The quantitative estimate of drug-likeness (QED) is 0.696. The van der Waals surface area contributed by atoms with Crippen LogP contribution in [0.25, 0.3) is 16.7 Å². The zero-order chi connectivity index (χ0) is 16.0. The number of nitrogens with two attached hydrogens (primary N) is 1. The SMILES string of the molecule is Cc1ccc2c(N)c(Br)c(=O)n(-c3ccc(Cl)cc3F)c2n1. The Balaban J connectivity index is 2.52. The molecule has 4 nitrogen and oxygen atoms in total. The zero-order valence-corrected chi connectivity index (χ0v) is 13.7. The highest BCUT2D eigenvalue weighted by atomic mass is 79.9. The predicted octanol–water partition coefficient (Wildman–Crippen LogP) is 3.83. The van der Waals surface area contributed by atoms with Gasteiger partial charge >= 0.3 is 0 Å². The van der Waals surface area contributed by atoms with Gasteiger partial charge in [0, 0.05) is 16.1 Å². The number of fused-ring (bicyclic) bond motifs is 1. The maximum absolute atomic E-state index is 14.3. The predicted molar refractivity (Wildman–Crippen MR) is 89.2 cm³/mol. The van der Waals surface area contributed by atoms with Gasteiger partial charge in [-0.2, -0.15) is 0 Å². The van der Waals surface area contributed by atoms with Gasteiger partial charge in [0.2, 0.25) is 0 Å². The van der Waals surface area contributed by atoms with Crippen LogP contribution >= 0.6 is 27.5 Å². The molecule has 7 heteroatoms. The number of halogens is 3. The number of aryl methyl sites for hydroxylation is 1. The van der Waals surface area contributed by atoms with E-state index in [1.165, 1.54) is 16.7 Å². The monoisotopic (exact) mass is 381 g/mol. The van der Waals surface area contributed by atoms with Gasteiger partial charge in [-0.05, 0) is 53.2 Å². The molecule has 0 amide bonds. The second-order valence-electron chi connectivity index (χ2n) is 4.79. The van der Waals surface area contributed by atoms with Crippen molar-refractivity contribution in [2.24, 2.45) is 0 Å². The molecule has 2 aromatic heterocycles. The van der Waals surface area contributed by atoms with E-state index >= 15 is 0 Å². The van der Waals surface area contributed by atoms with Crippen LogP contribution in [0, 0.1) is 12.7 Å². The van der Waals surface area contributed by atoms with Gasteiger partial charge in [-0.15, -0.1) is 0 Å². The van der Waals surface area contributed by atoms with Crippen molar-refractivity contribution in [2.75, 3.05) is 5.73 Å². The summed E-state index contributed by atoms with van der Waals surface area (Å²) in [4.78, 5) is 16.9. The molecule has 0 bridgehead atoms. The van der Waals surface area contributed by atoms with Gasteiger partial charge in [0.1, 0.15) is 15.9 Å². The lowest BCUT2D eigenvalue weighted by molar-refractivity contribution is 0.617. The molecule has 2 heterocycles. The smallest absolute Gasteiger partial charge is 0.273 e. The normalized spacial score (nSPS) is 11.1. The van der Waals surface area contributed by atoms with Gasteiger partial charge in [0.25, 0.3) is 5.56 Å². The number of nitrogen functional groups attached to an aromatic ring is 1. The highest BCUT2D eigenvalue weighted by Crippen LogP contribution is 2.28. The molecule has 3 rings (SSSR count). The maximum atomic E-state index is 14.3. The first-order valence-electron chi connectivity index (χ1n) is 6.33. The lowest BCUT2D eigenvalue weighted by Gasteiger charge is -2.14. The van der Waals surface area contributed by atoms with E-state index in [-0.39, 0.29) is 20.9 Å². The van der Waals surface area contributed by atoms with Crippen LogP contribution in [-0.4, -0.2) is 9.55 Å². The van der Waals surface area contributed by atoms with Gasteiger partial charge in [0.15, 0.2) is 0 Å². The van der Waals surface area contributed by atoms with Crippen LogP contribution in [0.1, 0.15) is 5.69 Å². The van der Waals surface area contributed by atoms with Crippen molar-refractivity contribution in [1.82, 2.24) is 9.55 Å². The van der Waals surface area contributed by atoms with E-state index < -0.39 is 11.4 Å². The molecule has 0 aliphatic heterocycles. The summed E-state index contributed by atoms with van der Waals surface area (Å²) in [6.07, 6.45) is 0. The van der Waals surface area contributed by atoms with E-state index in [1.807, 2.05) is 0 Å². The first kappa shape index (κ1) is 15.0. The number of anilines is 1. The summed E-state index contributed by atoms with van der Waals surface area (Å²) in [6, 6.07) is 7.62. The Morgan fingerprint density at radius 3 is 2.73 bits per heavy atom. The highest BCUT2D eigenvalue weighted by molar-refractivity contribution is 9.10. The van der Waals surface area contributed by atoms with E-state index in [0.29, 0.717) is 16.7 Å². The standard InChI is InChI=1S/C15H10BrClFN3O/c1-7-2-4-9-13(19)12(16)15(22)21(14(9)20-7)11-5-3-8(17)6-10(11)18/h2-6H,19H2,1H3. The zero-order valence-electron chi connectivity index (χ0n) is 11.4. The largest absolute Gasteiger partial charge is 0.397 e. The summed E-state index contributed by atoms with van der Waals surface area (Å²) >= 11 is 8.94. The molecule has 0 aliphatic carbocycles. The lowest BCUT2D eigenvalue weighted by atomic mass is 10.2. The van der Waals surface area contributed by atoms with Crippen molar-refractivity contribution in [3.8, 4) is 5.69 Å². The average Bonchev–Trinajstić information content (AvgIpc) is 2.47. The Morgan fingerprint density at radius 2 is 2.05 bits per heavy atom. The molecule has 0 fully saturated rings. The van der Waals surface area contributed by atoms with Crippen molar-refractivity contribution in [1.29, 1.82) is 0 Å². The maximum Gasteiger partial charge on any atom is 0.273 e. The summed E-state index contributed by atoms with van der Waals surface area (Å²) in [5.41, 5.74) is 6.81. The molecule has 0 radical (unpaired) electrons. The summed E-state index contributed by atoms with van der Waals surface area (Å²) in [7, 11) is 0. The molecule has 0 aliphatic rings. The second-order valence-corrected chi connectivity index (χ2v) is 6.02. The van der Waals surface area contributed by atoms with Gasteiger partial charge in [-0.25, -0.2) is 9.37 Å². The molecule has 22 heavy (non-hydrogen) atoms. The van der Waals surface area contributed by atoms with Crippen molar-refractivity contribution in [3.63, 3.8) is 0 Å². The number of nitrogens with zero attached hydrogens (tertiary/aromatic N) is 2. The number of aromatic nitrogens is 2.